The average molecular weight is 217 g/mol. The molecule has 1 fully saturated rings. The summed E-state index contributed by atoms with van der Waals surface area (Å²) < 4.78 is 12.9. The molecule has 1 aliphatic carbocycles. The summed E-state index contributed by atoms with van der Waals surface area (Å²) in [6.45, 7) is 5.68. The maximum absolute atomic E-state index is 12.9. The SMILES string of the molecule is CC(C)(C)ON(C=O)C1CCC(F)CC1. The Kier molecular flexibility index (Phi) is 4.08. The van der Waals surface area contributed by atoms with Gasteiger partial charge in [-0.15, -0.1) is 0 Å². The lowest BCUT2D eigenvalue weighted by molar-refractivity contribution is -0.236. The molecular weight excluding hydrogens is 197 g/mol. The van der Waals surface area contributed by atoms with E-state index < -0.39 is 6.17 Å². The highest BCUT2D eigenvalue weighted by Crippen LogP contribution is 2.26. The second-order valence-corrected chi connectivity index (χ2v) is 5.07. The number of hydrogen-bond acceptors (Lipinski definition) is 2. The van der Waals surface area contributed by atoms with Crippen LogP contribution >= 0.6 is 0 Å². The van der Waals surface area contributed by atoms with Crippen LogP contribution in [-0.2, 0) is 9.63 Å². The molecule has 1 saturated carbocycles. The molecule has 4 heteroatoms. The molecule has 15 heavy (non-hydrogen) atoms. The summed E-state index contributed by atoms with van der Waals surface area (Å²) in [5, 5.41) is 1.35. The number of rotatable bonds is 3. The largest absolute Gasteiger partial charge is 0.276 e. The van der Waals surface area contributed by atoms with Crippen molar-refractivity contribution in [3.8, 4) is 0 Å². The Bertz CT molecular complexity index is 207. The molecule has 88 valence electrons. The van der Waals surface area contributed by atoms with Crippen LogP contribution in [-0.4, -0.2) is 29.3 Å². The van der Waals surface area contributed by atoms with Crippen molar-refractivity contribution in [2.45, 2.75) is 64.3 Å². The normalized spacial score (nSPS) is 27.5. The average Bonchev–Trinajstić information content (AvgIpc) is 2.14. The van der Waals surface area contributed by atoms with Crippen LogP contribution in [0.3, 0.4) is 0 Å². The van der Waals surface area contributed by atoms with Gasteiger partial charge in [0, 0.05) is 0 Å². The summed E-state index contributed by atoms with van der Waals surface area (Å²) in [5.41, 5.74) is -0.381. The maximum atomic E-state index is 12.9. The van der Waals surface area contributed by atoms with E-state index in [1.807, 2.05) is 20.8 Å². The van der Waals surface area contributed by atoms with E-state index in [9.17, 15) is 9.18 Å². The van der Waals surface area contributed by atoms with Crippen molar-refractivity contribution in [1.82, 2.24) is 5.06 Å². The molecule has 0 radical (unpaired) electrons. The van der Waals surface area contributed by atoms with E-state index in [4.69, 9.17) is 4.84 Å². The first kappa shape index (κ1) is 12.4. The third kappa shape index (κ3) is 4.16. The summed E-state index contributed by atoms with van der Waals surface area (Å²) in [4.78, 5) is 16.4. The van der Waals surface area contributed by atoms with E-state index in [-0.39, 0.29) is 11.6 Å². The lowest BCUT2D eigenvalue weighted by atomic mass is 9.94. The van der Waals surface area contributed by atoms with Gasteiger partial charge in [-0.25, -0.2) is 9.45 Å². The molecule has 0 saturated heterocycles. The molecule has 0 atom stereocenters. The molecule has 1 rings (SSSR count). The Morgan fingerprint density at radius 3 is 2.20 bits per heavy atom. The fourth-order valence-corrected chi connectivity index (χ4v) is 1.79. The van der Waals surface area contributed by atoms with Gasteiger partial charge in [0.25, 0.3) is 0 Å². The standard InChI is InChI=1S/C11H20FNO2/c1-11(2,3)15-13(8-14)10-6-4-9(12)5-7-10/h8-10H,4-7H2,1-3H3. The number of hydrogen-bond donors (Lipinski definition) is 0. The number of amides is 1. The Hall–Kier alpha value is -0.640. The number of carbonyl (C=O) groups excluding carboxylic acids is 1. The van der Waals surface area contributed by atoms with Crippen molar-refractivity contribution in [1.29, 1.82) is 0 Å². The molecule has 0 unspecified atom stereocenters. The van der Waals surface area contributed by atoms with E-state index in [0.717, 1.165) is 0 Å². The topological polar surface area (TPSA) is 29.5 Å². The van der Waals surface area contributed by atoms with E-state index in [1.54, 1.807) is 0 Å². The third-order valence-electron chi connectivity index (χ3n) is 2.47. The Balaban J connectivity index is 2.48. The first-order chi connectivity index (χ1) is 6.92. The Morgan fingerprint density at radius 1 is 1.27 bits per heavy atom. The fourth-order valence-electron chi connectivity index (χ4n) is 1.79. The van der Waals surface area contributed by atoms with Crippen LogP contribution in [0, 0.1) is 0 Å². The second-order valence-electron chi connectivity index (χ2n) is 5.07. The van der Waals surface area contributed by atoms with Crippen molar-refractivity contribution >= 4 is 6.41 Å². The molecule has 0 aliphatic heterocycles. The van der Waals surface area contributed by atoms with E-state index >= 15 is 0 Å². The summed E-state index contributed by atoms with van der Waals surface area (Å²) in [6.07, 6.45) is 2.44. The number of hydroxylamine groups is 2. The first-order valence-electron chi connectivity index (χ1n) is 5.49. The molecule has 0 heterocycles. The van der Waals surface area contributed by atoms with Gasteiger partial charge in [0.15, 0.2) is 0 Å². The van der Waals surface area contributed by atoms with Gasteiger partial charge in [-0.1, -0.05) is 0 Å². The number of halogens is 1. The number of alkyl halides is 1. The van der Waals surface area contributed by atoms with Gasteiger partial charge in [-0.05, 0) is 46.5 Å². The van der Waals surface area contributed by atoms with Crippen LogP contribution < -0.4 is 0 Å². The summed E-state index contributed by atoms with van der Waals surface area (Å²) in [6, 6.07) is 0.0359. The zero-order valence-electron chi connectivity index (χ0n) is 9.70. The lowest BCUT2D eigenvalue weighted by Gasteiger charge is -2.35. The van der Waals surface area contributed by atoms with Gasteiger partial charge in [0.05, 0.1) is 11.6 Å². The Morgan fingerprint density at radius 2 is 1.80 bits per heavy atom. The molecule has 0 N–H and O–H groups in total. The predicted octanol–water partition coefficient (Wildman–Crippen LogP) is 2.46. The quantitative estimate of drug-likeness (QED) is 0.537. The minimum atomic E-state index is -0.704. The smallest absolute Gasteiger partial charge is 0.233 e. The van der Waals surface area contributed by atoms with Crippen molar-refractivity contribution in [3.63, 3.8) is 0 Å². The van der Waals surface area contributed by atoms with Crippen LogP contribution in [0.25, 0.3) is 0 Å². The predicted molar refractivity (Wildman–Crippen MR) is 55.9 cm³/mol. The summed E-state index contributed by atoms with van der Waals surface area (Å²) in [7, 11) is 0. The van der Waals surface area contributed by atoms with Crippen molar-refractivity contribution in [2.24, 2.45) is 0 Å². The summed E-state index contributed by atoms with van der Waals surface area (Å²) >= 11 is 0. The minimum Gasteiger partial charge on any atom is -0.276 e. The van der Waals surface area contributed by atoms with Crippen LogP contribution in [0.4, 0.5) is 4.39 Å². The van der Waals surface area contributed by atoms with E-state index in [2.05, 4.69) is 0 Å². The van der Waals surface area contributed by atoms with Crippen molar-refractivity contribution < 1.29 is 14.0 Å². The van der Waals surface area contributed by atoms with Crippen molar-refractivity contribution in [2.75, 3.05) is 0 Å². The number of carbonyl (C=O) groups is 1. The van der Waals surface area contributed by atoms with E-state index in [0.29, 0.717) is 32.1 Å². The zero-order valence-corrected chi connectivity index (χ0v) is 9.70. The van der Waals surface area contributed by atoms with Crippen LogP contribution in [0.15, 0.2) is 0 Å². The minimum absolute atomic E-state index is 0.0359. The third-order valence-corrected chi connectivity index (χ3v) is 2.47. The summed E-state index contributed by atoms with van der Waals surface area (Å²) in [5.74, 6) is 0. The number of nitrogens with zero attached hydrogens (tertiary/aromatic N) is 1. The molecule has 1 amide bonds. The van der Waals surface area contributed by atoms with Crippen molar-refractivity contribution in [3.05, 3.63) is 0 Å². The van der Waals surface area contributed by atoms with Gasteiger partial charge in [-0.2, -0.15) is 0 Å². The van der Waals surface area contributed by atoms with E-state index in [1.165, 1.54) is 5.06 Å². The van der Waals surface area contributed by atoms with Crippen LogP contribution in [0.2, 0.25) is 0 Å². The highest BCUT2D eigenvalue weighted by atomic mass is 19.1. The van der Waals surface area contributed by atoms with Crippen LogP contribution in [0.5, 0.6) is 0 Å². The van der Waals surface area contributed by atoms with Gasteiger partial charge in [0.2, 0.25) is 6.41 Å². The molecule has 0 spiro atoms. The molecule has 0 aromatic carbocycles. The first-order valence-corrected chi connectivity index (χ1v) is 5.49. The fraction of sp³-hybridized carbons (Fsp3) is 0.909. The van der Waals surface area contributed by atoms with Gasteiger partial charge < -0.3 is 0 Å². The maximum Gasteiger partial charge on any atom is 0.233 e. The molecule has 0 aromatic rings. The zero-order chi connectivity index (χ0) is 11.5. The highest BCUT2D eigenvalue weighted by Gasteiger charge is 2.28. The van der Waals surface area contributed by atoms with Crippen LogP contribution in [0.1, 0.15) is 46.5 Å². The molecule has 1 aliphatic rings. The molecular formula is C11H20FNO2. The monoisotopic (exact) mass is 217 g/mol. The van der Waals surface area contributed by atoms with Gasteiger partial charge in [-0.3, -0.25) is 9.63 Å². The highest BCUT2D eigenvalue weighted by molar-refractivity contribution is 5.45. The van der Waals surface area contributed by atoms with Gasteiger partial charge in [0.1, 0.15) is 6.17 Å². The van der Waals surface area contributed by atoms with Gasteiger partial charge >= 0.3 is 0 Å². The second kappa shape index (κ2) is 4.92. The lowest BCUT2D eigenvalue weighted by Crippen LogP contribution is -2.42. The molecule has 0 aromatic heterocycles. The molecule has 3 nitrogen and oxygen atoms in total. The Labute approximate surface area is 90.5 Å². The molecule has 0 bridgehead atoms.